The van der Waals surface area contributed by atoms with Gasteiger partial charge in [0.15, 0.2) is 6.61 Å². The molecule has 0 atom stereocenters. The van der Waals surface area contributed by atoms with E-state index in [0.29, 0.717) is 0 Å². The second-order valence-corrected chi connectivity index (χ2v) is 5.51. The van der Waals surface area contributed by atoms with E-state index in [1.165, 1.54) is 24.3 Å². The number of halogens is 3. The van der Waals surface area contributed by atoms with Gasteiger partial charge in [0, 0.05) is 10.9 Å². The number of nitrogens with one attached hydrogen (secondary N) is 1. The second-order valence-electron chi connectivity index (χ2n) is 4.37. The Hall–Kier alpha value is -1.70. The van der Waals surface area contributed by atoms with Gasteiger partial charge < -0.3 is 10.1 Å². The molecule has 8 heteroatoms. The van der Waals surface area contributed by atoms with Crippen LogP contribution in [0.4, 0.5) is 13.2 Å². The van der Waals surface area contributed by atoms with Crippen molar-refractivity contribution >= 4 is 23.6 Å². The van der Waals surface area contributed by atoms with Crippen molar-refractivity contribution in [1.29, 1.82) is 0 Å². The van der Waals surface area contributed by atoms with Gasteiger partial charge in [-0.25, -0.2) is 4.79 Å². The van der Waals surface area contributed by atoms with E-state index in [4.69, 9.17) is 4.74 Å². The molecule has 0 aromatic heterocycles. The Morgan fingerprint density at radius 3 is 2.29 bits per heavy atom. The lowest BCUT2D eigenvalue weighted by Crippen LogP contribution is -2.33. The average molecular weight is 321 g/mol. The Bertz CT molecular complexity index is 500. The Kier molecular flexibility index (Phi) is 6.07. The smallest absolute Gasteiger partial charge is 0.446 e. The number of benzene rings is 1. The molecule has 0 unspecified atom stereocenters. The quantitative estimate of drug-likeness (QED) is 0.669. The molecule has 0 radical (unpaired) electrons. The monoisotopic (exact) mass is 321 g/mol. The third-order valence-corrected chi connectivity index (χ3v) is 2.85. The summed E-state index contributed by atoms with van der Waals surface area (Å²) in [6.45, 7) is 3.09. The SMILES string of the molecule is CC(C)NC(=O)COC(=O)c1ccc(SC(F)(F)F)cc1. The predicted octanol–water partition coefficient (Wildman–Crippen LogP) is 2.98. The summed E-state index contributed by atoms with van der Waals surface area (Å²) in [5, 5.41) is 2.54. The minimum atomic E-state index is -4.38. The van der Waals surface area contributed by atoms with Gasteiger partial charge in [-0.3, -0.25) is 4.79 Å². The van der Waals surface area contributed by atoms with Gasteiger partial charge >= 0.3 is 11.5 Å². The summed E-state index contributed by atoms with van der Waals surface area (Å²) in [6.07, 6.45) is 0. The minimum absolute atomic E-state index is 0.0309. The lowest BCUT2D eigenvalue weighted by molar-refractivity contribution is -0.124. The first-order valence-electron chi connectivity index (χ1n) is 5.99. The number of carbonyl (C=O) groups is 2. The lowest BCUT2D eigenvalue weighted by Gasteiger charge is -2.09. The van der Waals surface area contributed by atoms with Crippen LogP contribution in [0, 0.1) is 0 Å². The van der Waals surface area contributed by atoms with Crippen molar-refractivity contribution in [2.45, 2.75) is 30.3 Å². The zero-order chi connectivity index (χ0) is 16.0. The van der Waals surface area contributed by atoms with Crippen LogP contribution in [-0.4, -0.2) is 30.0 Å². The van der Waals surface area contributed by atoms with Crippen molar-refractivity contribution in [3.05, 3.63) is 29.8 Å². The van der Waals surface area contributed by atoms with E-state index < -0.39 is 24.0 Å². The van der Waals surface area contributed by atoms with Gasteiger partial charge in [-0.2, -0.15) is 13.2 Å². The highest BCUT2D eigenvalue weighted by atomic mass is 32.2. The molecule has 4 nitrogen and oxygen atoms in total. The van der Waals surface area contributed by atoms with E-state index in [0.717, 1.165) is 0 Å². The number of hydrogen-bond acceptors (Lipinski definition) is 4. The molecular weight excluding hydrogens is 307 g/mol. The molecule has 1 aromatic rings. The number of thioether (sulfide) groups is 1. The maximum atomic E-state index is 12.1. The van der Waals surface area contributed by atoms with Gasteiger partial charge in [-0.1, -0.05) is 0 Å². The normalized spacial score (nSPS) is 11.3. The van der Waals surface area contributed by atoms with E-state index >= 15 is 0 Å². The summed E-state index contributed by atoms with van der Waals surface area (Å²) in [5.74, 6) is -1.21. The van der Waals surface area contributed by atoms with Crippen LogP contribution in [0.1, 0.15) is 24.2 Å². The topological polar surface area (TPSA) is 55.4 Å². The van der Waals surface area contributed by atoms with E-state index in [-0.39, 0.29) is 28.3 Å². The van der Waals surface area contributed by atoms with E-state index in [9.17, 15) is 22.8 Å². The van der Waals surface area contributed by atoms with Crippen LogP contribution >= 0.6 is 11.8 Å². The van der Waals surface area contributed by atoms with Crippen LogP contribution in [0.2, 0.25) is 0 Å². The van der Waals surface area contributed by atoms with Crippen LogP contribution in [-0.2, 0) is 9.53 Å². The molecule has 0 fully saturated rings. The van der Waals surface area contributed by atoms with Crippen molar-refractivity contribution in [3.63, 3.8) is 0 Å². The lowest BCUT2D eigenvalue weighted by atomic mass is 10.2. The molecule has 0 aliphatic carbocycles. The Morgan fingerprint density at radius 2 is 1.81 bits per heavy atom. The summed E-state index contributed by atoms with van der Waals surface area (Å²) in [4.78, 5) is 22.9. The van der Waals surface area contributed by atoms with Crippen LogP contribution < -0.4 is 5.32 Å². The van der Waals surface area contributed by atoms with E-state index in [2.05, 4.69) is 5.32 Å². The predicted molar refractivity (Wildman–Crippen MR) is 71.9 cm³/mol. The molecule has 1 rings (SSSR count). The Morgan fingerprint density at radius 1 is 1.24 bits per heavy atom. The third-order valence-electron chi connectivity index (χ3n) is 2.11. The molecule has 0 saturated heterocycles. The zero-order valence-electron chi connectivity index (χ0n) is 11.4. The first kappa shape index (κ1) is 17.4. The largest absolute Gasteiger partial charge is 0.452 e. The van der Waals surface area contributed by atoms with Crippen molar-refractivity contribution < 1.29 is 27.5 Å². The highest BCUT2D eigenvalue weighted by molar-refractivity contribution is 8.00. The zero-order valence-corrected chi connectivity index (χ0v) is 12.2. The highest BCUT2D eigenvalue weighted by Crippen LogP contribution is 2.36. The van der Waals surface area contributed by atoms with Crippen molar-refractivity contribution in [3.8, 4) is 0 Å². The molecule has 1 N–H and O–H groups in total. The summed E-state index contributed by atoms with van der Waals surface area (Å²) in [7, 11) is 0. The van der Waals surface area contributed by atoms with Gasteiger partial charge in [0.25, 0.3) is 5.91 Å². The first-order valence-corrected chi connectivity index (χ1v) is 6.81. The van der Waals surface area contributed by atoms with Crippen LogP contribution in [0.25, 0.3) is 0 Å². The summed E-state index contributed by atoms with van der Waals surface area (Å²) in [5.41, 5.74) is -4.30. The van der Waals surface area contributed by atoms with Crippen molar-refractivity contribution in [1.82, 2.24) is 5.32 Å². The van der Waals surface area contributed by atoms with Crippen molar-refractivity contribution in [2.75, 3.05) is 6.61 Å². The van der Waals surface area contributed by atoms with Gasteiger partial charge in [0.2, 0.25) is 0 Å². The molecule has 0 aliphatic rings. The van der Waals surface area contributed by atoms with Crippen LogP contribution in [0.3, 0.4) is 0 Å². The summed E-state index contributed by atoms with van der Waals surface area (Å²) in [6, 6.07) is 4.70. The van der Waals surface area contributed by atoms with Gasteiger partial charge in [0.05, 0.1) is 5.56 Å². The molecule has 0 saturated carbocycles. The number of alkyl halides is 3. The van der Waals surface area contributed by atoms with E-state index in [1.54, 1.807) is 13.8 Å². The molecule has 1 aromatic carbocycles. The fourth-order valence-electron chi connectivity index (χ4n) is 1.37. The summed E-state index contributed by atoms with van der Waals surface area (Å²) < 4.78 is 41.2. The van der Waals surface area contributed by atoms with Gasteiger partial charge in [-0.05, 0) is 49.9 Å². The molecule has 0 aliphatic heterocycles. The maximum Gasteiger partial charge on any atom is 0.446 e. The number of esters is 1. The van der Waals surface area contributed by atoms with Gasteiger partial charge in [0.1, 0.15) is 0 Å². The molecule has 0 heterocycles. The molecular formula is C13H14F3NO3S. The van der Waals surface area contributed by atoms with Crippen molar-refractivity contribution in [2.24, 2.45) is 0 Å². The maximum absolute atomic E-state index is 12.1. The standard InChI is InChI=1S/C13H14F3NO3S/c1-8(2)17-11(18)7-20-12(19)9-3-5-10(6-4-9)21-13(14,15)16/h3-6,8H,7H2,1-2H3,(H,17,18). The molecule has 1 amide bonds. The number of carbonyl (C=O) groups excluding carboxylic acids is 2. The molecule has 0 spiro atoms. The number of rotatable bonds is 5. The van der Waals surface area contributed by atoms with Crippen LogP contribution in [0.5, 0.6) is 0 Å². The Balaban J connectivity index is 2.54. The Labute approximate surface area is 124 Å². The second kappa shape index (κ2) is 7.35. The highest BCUT2D eigenvalue weighted by Gasteiger charge is 2.29. The molecule has 21 heavy (non-hydrogen) atoms. The number of hydrogen-bond donors (Lipinski definition) is 1. The average Bonchev–Trinajstić information content (AvgIpc) is 2.34. The number of amides is 1. The minimum Gasteiger partial charge on any atom is -0.452 e. The first-order chi connectivity index (χ1) is 9.67. The third kappa shape index (κ3) is 7.03. The fourth-order valence-corrected chi connectivity index (χ4v) is 1.91. The van der Waals surface area contributed by atoms with Gasteiger partial charge in [-0.15, -0.1) is 0 Å². The number of ether oxygens (including phenoxy) is 1. The molecule has 116 valence electrons. The van der Waals surface area contributed by atoms with Crippen LogP contribution in [0.15, 0.2) is 29.2 Å². The molecule has 0 bridgehead atoms. The van der Waals surface area contributed by atoms with E-state index in [1.807, 2.05) is 0 Å². The fraction of sp³-hybridized carbons (Fsp3) is 0.385. The summed E-state index contributed by atoms with van der Waals surface area (Å²) >= 11 is -0.270.